The van der Waals surface area contributed by atoms with Crippen LogP contribution in [0.5, 0.6) is 0 Å². The van der Waals surface area contributed by atoms with Crippen LogP contribution in [0.4, 0.5) is 10.1 Å². The van der Waals surface area contributed by atoms with E-state index in [-0.39, 0.29) is 5.82 Å². The average molecular weight is 268 g/mol. The summed E-state index contributed by atoms with van der Waals surface area (Å²) < 4.78 is 12.7. The van der Waals surface area contributed by atoms with Gasteiger partial charge in [0.1, 0.15) is 5.82 Å². The number of nitrogens with zero attached hydrogens (tertiary/aromatic N) is 1. The van der Waals surface area contributed by atoms with Gasteiger partial charge in [-0.15, -0.1) is 0 Å². The minimum absolute atomic E-state index is 0.272. The van der Waals surface area contributed by atoms with Crippen LogP contribution in [0.1, 0.15) is 5.56 Å². The van der Waals surface area contributed by atoms with Gasteiger partial charge in [-0.2, -0.15) is 0 Å². The lowest BCUT2D eigenvalue weighted by atomic mass is 10.2. The lowest BCUT2D eigenvalue weighted by molar-refractivity contribution is 0.628. The quantitative estimate of drug-likeness (QED) is 0.688. The molecular weight excluding hydrogens is 260 g/mol. The van der Waals surface area contributed by atoms with E-state index in [9.17, 15) is 4.39 Å². The molecule has 4 heteroatoms. The largest absolute Gasteiger partial charge is 0.255 e. The standard InChI is InChI=1S/C13H8Cl2FN/c14-10-3-6-13(12(15)7-10)17-8-9-1-4-11(16)5-2-9/h1-8H/b17-8+. The Kier molecular flexibility index (Phi) is 3.77. The molecule has 0 saturated heterocycles. The third-order valence-corrected chi connectivity index (χ3v) is 2.67. The first-order chi connectivity index (χ1) is 8.15. The van der Waals surface area contributed by atoms with Crippen molar-refractivity contribution in [3.05, 3.63) is 63.9 Å². The predicted molar refractivity (Wildman–Crippen MR) is 70.1 cm³/mol. The van der Waals surface area contributed by atoms with Crippen molar-refractivity contribution in [2.75, 3.05) is 0 Å². The third-order valence-electron chi connectivity index (χ3n) is 2.13. The zero-order valence-electron chi connectivity index (χ0n) is 8.70. The Balaban J connectivity index is 2.23. The number of halogens is 3. The molecule has 0 fully saturated rings. The summed E-state index contributed by atoms with van der Waals surface area (Å²) in [5.74, 6) is -0.272. The maximum atomic E-state index is 12.7. The topological polar surface area (TPSA) is 12.4 Å². The van der Waals surface area contributed by atoms with Crippen molar-refractivity contribution in [2.45, 2.75) is 0 Å². The molecule has 0 aliphatic rings. The molecule has 0 spiro atoms. The van der Waals surface area contributed by atoms with E-state index in [0.29, 0.717) is 15.7 Å². The van der Waals surface area contributed by atoms with Gasteiger partial charge in [0.2, 0.25) is 0 Å². The lowest BCUT2D eigenvalue weighted by Gasteiger charge is -1.98. The molecule has 0 atom stereocenters. The van der Waals surface area contributed by atoms with Gasteiger partial charge in [-0.1, -0.05) is 35.3 Å². The predicted octanol–water partition coefficient (Wildman–Crippen LogP) is 4.88. The fraction of sp³-hybridized carbons (Fsp3) is 0. The number of hydrogen-bond acceptors (Lipinski definition) is 1. The molecule has 0 N–H and O–H groups in total. The van der Waals surface area contributed by atoms with Crippen molar-refractivity contribution < 1.29 is 4.39 Å². The second kappa shape index (κ2) is 5.30. The minimum atomic E-state index is -0.272. The molecule has 0 amide bonds. The van der Waals surface area contributed by atoms with Gasteiger partial charge in [0.15, 0.2) is 0 Å². The molecule has 0 heterocycles. The molecule has 0 bridgehead atoms. The number of rotatable bonds is 2. The molecule has 0 saturated carbocycles. The fourth-order valence-electron chi connectivity index (χ4n) is 1.28. The molecule has 0 aromatic heterocycles. The Hall–Kier alpha value is -1.38. The van der Waals surface area contributed by atoms with Crippen LogP contribution >= 0.6 is 23.2 Å². The summed E-state index contributed by atoms with van der Waals surface area (Å²) in [4.78, 5) is 4.21. The van der Waals surface area contributed by atoms with Crippen molar-refractivity contribution in [3.63, 3.8) is 0 Å². The van der Waals surface area contributed by atoms with E-state index in [0.717, 1.165) is 5.56 Å². The Morgan fingerprint density at radius 3 is 2.35 bits per heavy atom. The van der Waals surface area contributed by atoms with E-state index >= 15 is 0 Å². The third kappa shape index (κ3) is 3.29. The maximum absolute atomic E-state index is 12.7. The highest BCUT2D eigenvalue weighted by Crippen LogP contribution is 2.27. The van der Waals surface area contributed by atoms with Gasteiger partial charge in [-0.05, 0) is 35.9 Å². The molecular formula is C13H8Cl2FN. The molecule has 0 radical (unpaired) electrons. The van der Waals surface area contributed by atoms with E-state index in [1.807, 2.05) is 0 Å². The summed E-state index contributed by atoms with van der Waals surface area (Å²) >= 11 is 11.7. The van der Waals surface area contributed by atoms with Crippen LogP contribution in [-0.4, -0.2) is 6.21 Å². The van der Waals surface area contributed by atoms with Gasteiger partial charge in [0.05, 0.1) is 10.7 Å². The number of aliphatic imine (C=N–C) groups is 1. The molecule has 2 aromatic rings. The smallest absolute Gasteiger partial charge is 0.123 e. The molecule has 17 heavy (non-hydrogen) atoms. The molecule has 86 valence electrons. The van der Waals surface area contributed by atoms with Crippen molar-refractivity contribution in [1.29, 1.82) is 0 Å². The normalized spacial score (nSPS) is 11.0. The van der Waals surface area contributed by atoms with Gasteiger partial charge in [0.25, 0.3) is 0 Å². The first-order valence-electron chi connectivity index (χ1n) is 4.90. The van der Waals surface area contributed by atoms with Crippen molar-refractivity contribution in [1.82, 2.24) is 0 Å². The zero-order chi connectivity index (χ0) is 12.3. The average Bonchev–Trinajstić information content (AvgIpc) is 2.30. The Morgan fingerprint density at radius 1 is 1.00 bits per heavy atom. The van der Waals surface area contributed by atoms with Gasteiger partial charge >= 0.3 is 0 Å². The van der Waals surface area contributed by atoms with Crippen LogP contribution in [-0.2, 0) is 0 Å². The molecule has 0 aliphatic carbocycles. The minimum Gasteiger partial charge on any atom is -0.255 e. The summed E-state index contributed by atoms with van der Waals surface area (Å²) in [6.45, 7) is 0. The summed E-state index contributed by atoms with van der Waals surface area (Å²) in [5, 5.41) is 1.05. The fourth-order valence-corrected chi connectivity index (χ4v) is 1.74. The van der Waals surface area contributed by atoms with Crippen molar-refractivity contribution in [2.24, 2.45) is 4.99 Å². The summed E-state index contributed by atoms with van der Waals surface area (Å²) in [6, 6.07) is 11.1. The summed E-state index contributed by atoms with van der Waals surface area (Å²) in [7, 11) is 0. The monoisotopic (exact) mass is 267 g/mol. The zero-order valence-corrected chi connectivity index (χ0v) is 10.2. The van der Waals surface area contributed by atoms with E-state index in [1.165, 1.54) is 12.1 Å². The number of hydrogen-bond donors (Lipinski definition) is 0. The highest BCUT2D eigenvalue weighted by Gasteiger charge is 1.98. The summed E-state index contributed by atoms with van der Waals surface area (Å²) in [6.07, 6.45) is 1.62. The molecule has 2 aromatic carbocycles. The van der Waals surface area contributed by atoms with Gasteiger partial charge in [-0.3, -0.25) is 4.99 Å². The van der Waals surface area contributed by atoms with E-state index in [2.05, 4.69) is 4.99 Å². The van der Waals surface area contributed by atoms with Gasteiger partial charge in [-0.25, -0.2) is 4.39 Å². The van der Waals surface area contributed by atoms with E-state index < -0.39 is 0 Å². The first-order valence-corrected chi connectivity index (χ1v) is 5.65. The van der Waals surface area contributed by atoms with Crippen molar-refractivity contribution in [3.8, 4) is 0 Å². The van der Waals surface area contributed by atoms with E-state index in [1.54, 1.807) is 36.5 Å². The first kappa shape index (κ1) is 12.1. The van der Waals surface area contributed by atoms with Crippen LogP contribution in [0.15, 0.2) is 47.5 Å². The van der Waals surface area contributed by atoms with Crippen LogP contribution in [0, 0.1) is 5.82 Å². The molecule has 0 unspecified atom stereocenters. The Morgan fingerprint density at radius 2 is 1.71 bits per heavy atom. The SMILES string of the molecule is Fc1ccc(/C=N/c2ccc(Cl)cc2Cl)cc1. The Bertz CT molecular complexity index is 550. The van der Waals surface area contributed by atoms with Gasteiger partial charge in [0, 0.05) is 11.2 Å². The Labute approximate surface area is 109 Å². The van der Waals surface area contributed by atoms with Crippen LogP contribution < -0.4 is 0 Å². The number of benzene rings is 2. The highest BCUT2D eigenvalue weighted by molar-refractivity contribution is 6.36. The molecule has 0 aliphatic heterocycles. The van der Waals surface area contributed by atoms with Crippen LogP contribution in [0.25, 0.3) is 0 Å². The van der Waals surface area contributed by atoms with Gasteiger partial charge < -0.3 is 0 Å². The summed E-state index contributed by atoms with van der Waals surface area (Å²) in [5.41, 5.74) is 1.43. The van der Waals surface area contributed by atoms with Crippen LogP contribution in [0.3, 0.4) is 0 Å². The van der Waals surface area contributed by atoms with Crippen LogP contribution in [0.2, 0.25) is 10.0 Å². The lowest BCUT2D eigenvalue weighted by Crippen LogP contribution is -1.81. The highest BCUT2D eigenvalue weighted by atomic mass is 35.5. The van der Waals surface area contributed by atoms with E-state index in [4.69, 9.17) is 23.2 Å². The maximum Gasteiger partial charge on any atom is 0.123 e. The second-order valence-corrected chi connectivity index (χ2v) is 4.25. The second-order valence-electron chi connectivity index (χ2n) is 3.41. The van der Waals surface area contributed by atoms with Crippen molar-refractivity contribution >= 4 is 35.1 Å². The molecule has 1 nitrogen and oxygen atoms in total. The molecule has 2 rings (SSSR count).